The molecule has 1 atom stereocenters. The molecule has 2 amide bonds. The number of fused-ring (bicyclic) bond motifs is 2. The topological polar surface area (TPSA) is 103 Å². The van der Waals surface area contributed by atoms with Crippen LogP contribution in [0.2, 0.25) is 0 Å². The van der Waals surface area contributed by atoms with Crippen LogP contribution in [-0.4, -0.2) is 83.5 Å². The van der Waals surface area contributed by atoms with Crippen LogP contribution in [0.1, 0.15) is 27.9 Å². The number of carbonyl (C=O) groups is 2. The van der Waals surface area contributed by atoms with Crippen LogP contribution in [0.15, 0.2) is 53.7 Å². The summed E-state index contributed by atoms with van der Waals surface area (Å²) in [7, 11) is 2.00. The number of hydrogen-bond donors (Lipinski definition) is 2. The maximum absolute atomic E-state index is 16.1. The fraction of sp³-hybridized carbons (Fsp3) is 0.344. The summed E-state index contributed by atoms with van der Waals surface area (Å²) >= 11 is 0. The highest BCUT2D eigenvalue weighted by molar-refractivity contribution is 6.01. The lowest BCUT2D eigenvalue weighted by Gasteiger charge is -2.33. The number of pyridine rings is 1. The van der Waals surface area contributed by atoms with E-state index in [1.54, 1.807) is 21.7 Å². The van der Waals surface area contributed by atoms with E-state index in [-0.39, 0.29) is 46.7 Å². The maximum Gasteiger partial charge on any atom is 0.259 e. The summed E-state index contributed by atoms with van der Waals surface area (Å²) in [4.78, 5) is 48.8. The molecule has 2 aromatic carbocycles. The van der Waals surface area contributed by atoms with E-state index >= 15 is 4.39 Å². The first-order valence-corrected chi connectivity index (χ1v) is 14.6. The summed E-state index contributed by atoms with van der Waals surface area (Å²) in [6.07, 6.45) is 6.16. The Morgan fingerprint density at radius 2 is 1.91 bits per heavy atom. The first-order valence-electron chi connectivity index (χ1n) is 14.6. The molecule has 2 aromatic heterocycles. The van der Waals surface area contributed by atoms with E-state index in [1.807, 2.05) is 49.5 Å². The number of nitrogens with one attached hydrogen (secondary N) is 2. The van der Waals surface area contributed by atoms with Crippen molar-refractivity contribution in [2.45, 2.75) is 25.8 Å². The third kappa shape index (κ3) is 4.73. The van der Waals surface area contributed by atoms with E-state index in [1.165, 1.54) is 6.07 Å². The molecule has 7 rings (SSSR count). The van der Waals surface area contributed by atoms with Gasteiger partial charge in [-0.15, -0.1) is 0 Å². The van der Waals surface area contributed by atoms with Gasteiger partial charge in [0.05, 0.1) is 17.5 Å². The third-order valence-corrected chi connectivity index (χ3v) is 8.81. The smallest absolute Gasteiger partial charge is 0.259 e. The van der Waals surface area contributed by atoms with Crippen LogP contribution in [0.25, 0.3) is 16.6 Å². The number of para-hydroxylation sites is 2. The number of carbonyl (C=O) groups excluding carboxylic acids is 2. The van der Waals surface area contributed by atoms with Crippen molar-refractivity contribution in [3.63, 3.8) is 0 Å². The molecular weight excluding hydrogens is 551 g/mol. The number of benzene rings is 2. The highest BCUT2D eigenvalue weighted by Crippen LogP contribution is 2.47. The largest absolute Gasteiger partial charge is 0.451 e. The number of H-pyrrole nitrogens is 1. The highest BCUT2D eigenvalue weighted by atomic mass is 19.1. The van der Waals surface area contributed by atoms with Gasteiger partial charge in [-0.3, -0.25) is 14.4 Å². The molecule has 1 unspecified atom stereocenters. The van der Waals surface area contributed by atoms with Crippen LogP contribution >= 0.6 is 0 Å². The Kier molecular flexibility index (Phi) is 6.69. The van der Waals surface area contributed by atoms with Crippen molar-refractivity contribution in [2.75, 3.05) is 51.2 Å². The Balaban J connectivity index is 1.25. The molecule has 3 aliphatic rings. The third-order valence-electron chi connectivity index (χ3n) is 8.81. The van der Waals surface area contributed by atoms with Gasteiger partial charge in [-0.05, 0) is 49.7 Å². The van der Waals surface area contributed by atoms with Crippen molar-refractivity contribution in [1.29, 1.82) is 0 Å². The Morgan fingerprint density at radius 1 is 1.12 bits per heavy atom. The number of rotatable bonds is 5. The number of aryl methyl sites for hydroxylation is 1. The maximum atomic E-state index is 16.1. The van der Waals surface area contributed by atoms with Crippen LogP contribution in [0.5, 0.6) is 11.5 Å². The Labute approximate surface area is 247 Å². The molecule has 2 saturated heterocycles. The van der Waals surface area contributed by atoms with E-state index in [4.69, 9.17) is 4.74 Å². The molecule has 222 valence electrons. The molecule has 3 aliphatic heterocycles. The molecule has 2 N–H and O–H groups in total. The molecule has 0 bridgehead atoms. The van der Waals surface area contributed by atoms with Gasteiger partial charge in [0.1, 0.15) is 16.8 Å². The number of nitrogens with zero attached hydrogens (tertiary/aromatic N) is 4. The fourth-order valence-corrected chi connectivity index (χ4v) is 6.38. The average Bonchev–Trinajstić information content (AvgIpc) is 3.62. The van der Waals surface area contributed by atoms with Crippen molar-refractivity contribution >= 4 is 28.4 Å². The number of anilines is 1. The second kappa shape index (κ2) is 10.6. The van der Waals surface area contributed by atoms with Gasteiger partial charge in [-0.1, -0.05) is 12.1 Å². The van der Waals surface area contributed by atoms with Crippen molar-refractivity contribution in [2.24, 2.45) is 0 Å². The van der Waals surface area contributed by atoms with Crippen molar-refractivity contribution in [3.8, 4) is 17.2 Å². The van der Waals surface area contributed by atoms with Crippen LogP contribution in [0.4, 0.5) is 10.1 Å². The number of piperazine rings is 1. The first-order chi connectivity index (χ1) is 20.8. The first kappa shape index (κ1) is 27.2. The zero-order valence-corrected chi connectivity index (χ0v) is 24.2. The van der Waals surface area contributed by atoms with E-state index in [0.717, 1.165) is 24.2 Å². The SMILES string of the molecule is Cc1c[nH]cc1CC(=O)NC1CCN(c2c(F)cc3c(=O)c(C(=O)N4CCN(C)CC4)cn4c3c2Oc2ccccc2-4)C1. The number of halogens is 1. The number of aromatic amines is 1. The summed E-state index contributed by atoms with van der Waals surface area (Å²) in [5, 5.41) is 3.18. The Morgan fingerprint density at radius 3 is 2.67 bits per heavy atom. The number of ether oxygens (including phenoxy) is 1. The van der Waals surface area contributed by atoms with Gasteiger partial charge in [-0.2, -0.15) is 0 Å². The van der Waals surface area contributed by atoms with Gasteiger partial charge < -0.3 is 34.3 Å². The number of likely N-dealkylation sites (N-methyl/N-ethyl adjacent to an activating group) is 1. The van der Waals surface area contributed by atoms with E-state index in [0.29, 0.717) is 49.6 Å². The summed E-state index contributed by atoms with van der Waals surface area (Å²) in [6, 6.07) is 8.37. The van der Waals surface area contributed by atoms with Gasteiger partial charge in [0, 0.05) is 63.9 Å². The molecule has 43 heavy (non-hydrogen) atoms. The molecule has 11 heteroatoms. The zero-order chi connectivity index (χ0) is 29.8. The molecule has 4 aromatic rings. The molecule has 5 heterocycles. The second-order valence-corrected chi connectivity index (χ2v) is 11.7. The predicted octanol–water partition coefficient (Wildman–Crippen LogP) is 3.20. The lowest BCUT2D eigenvalue weighted by atomic mass is 10.0. The van der Waals surface area contributed by atoms with Crippen LogP contribution < -0.4 is 20.4 Å². The number of amides is 2. The van der Waals surface area contributed by atoms with Gasteiger partial charge >= 0.3 is 0 Å². The van der Waals surface area contributed by atoms with Gasteiger partial charge in [0.2, 0.25) is 11.3 Å². The molecule has 2 fully saturated rings. The number of aromatic nitrogens is 2. The van der Waals surface area contributed by atoms with E-state index in [2.05, 4.69) is 15.2 Å². The lowest BCUT2D eigenvalue weighted by Crippen LogP contribution is -2.48. The van der Waals surface area contributed by atoms with E-state index < -0.39 is 11.2 Å². The minimum Gasteiger partial charge on any atom is -0.451 e. The van der Waals surface area contributed by atoms with Crippen LogP contribution in [0, 0.1) is 12.7 Å². The lowest BCUT2D eigenvalue weighted by molar-refractivity contribution is -0.121. The van der Waals surface area contributed by atoms with Crippen LogP contribution in [0.3, 0.4) is 0 Å². The van der Waals surface area contributed by atoms with Crippen LogP contribution in [-0.2, 0) is 11.2 Å². The summed E-state index contributed by atoms with van der Waals surface area (Å²) in [6.45, 7) is 5.31. The van der Waals surface area contributed by atoms with Crippen molar-refractivity contribution < 1.29 is 18.7 Å². The average molecular weight is 585 g/mol. The van der Waals surface area contributed by atoms with E-state index in [9.17, 15) is 14.4 Å². The minimum atomic E-state index is -0.607. The zero-order valence-electron chi connectivity index (χ0n) is 24.2. The van der Waals surface area contributed by atoms with Crippen molar-refractivity contribution in [1.82, 2.24) is 24.7 Å². The minimum absolute atomic E-state index is 0.00784. The van der Waals surface area contributed by atoms with Gasteiger partial charge in [-0.25, -0.2) is 4.39 Å². The summed E-state index contributed by atoms with van der Waals surface area (Å²) < 4.78 is 24.2. The Bertz CT molecular complexity index is 1820. The van der Waals surface area contributed by atoms with Gasteiger partial charge in [0.25, 0.3) is 5.91 Å². The highest BCUT2D eigenvalue weighted by Gasteiger charge is 2.34. The standard InChI is InChI=1S/C32H33FN6O4/c1-19-15-34-16-20(19)13-27(40)35-21-7-8-38(17-21)29-24(33)14-22-28-31(29)43-26-6-4-3-5-25(26)39(28)18-23(30(22)41)32(42)37-11-9-36(2)10-12-37/h3-6,14-16,18,21,34H,7-13,17H2,1-2H3,(H,35,40). The van der Waals surface area contributed by atoms with Gasteiger partial charge in [0.15, 0.2) is 17.3 Å². The Hall–Kier alpha value is -4.64. The predicted molar refractivity (Wildman–Crippen MR) is 161 cm³/mol. The van der Waals surface area contributed by atoms with Crippen molar-refractivity contribution in [3.05, 3.63) is 81.7 Å². The monoisotopic (exact) mass is 584 g/mol. The summed E-state index contributed by atoms with van der Waals surface area (Å²) in [5.74, 6) is -0.321. The molecule has 0 saturated carbocycles. The number of hydrogen-bond acceptors (Lipinski definition) is 6. The quantitative estimate of drug-likeness (QED) is 0.329. The second-order valence-electron chi connectivity index (χ2n) is 11.7. The molecule has 0 aliphatic carbocycles. The molecule has 10 nitrogen and oxygen atoms in total. The fourth-order valence-electron chi connectivity index (χ4n) is 6.38. The molecule has 0 radical (unpaired) electrons. The molecule has 0 spiro atoms. The normalized spacial score (nSPS) is 18.1. The molecular formula is C32H33FN6O4. The summed E-state index contributed by atoms with van der Waals surface area (Å²) in [5.41, 5.74) is 2.78.